The molecule has 1 aliphatic heterocycles. The van der Waals surface area contributed by atoms with Crippen molar-refractivity contribution < 1.29 is 17.9 Å². The van der Waals surface area contributed by atoms with Crippen LogP contribution in [-0.4, -0.2) is 50.7 Å². The van der Waals surface area contributed by atoms with Crippen LogP contribution in [-0.2, 0) is 10.9 Å². The fourth-order valence-electron chi connectivity index (χ4n) is 3.79. The molecule has 1 saturated heterocycles. The first kappa shape index (κ1) is 20.4. The number of nitrogens with one attached hydrogen (secondary N) is 1. The monoisotopic (exact) mass is 440 g/mol. The molecule has 0 aliphatic carbocycles. The molecule has 7 nitrogen and oxygen atoms in total. The van der Waals surface area contributed by atoms with Gasteiger partial charge in [-0.15, -0.1) is 0 Å². The third kappa shape index (κ3) is 3.77. The first-order chi connectivity index (χ1) is 15.4. The topological polar surface area (TPSA) is 79.8 Å². The average Bonchev–Trinajstić information content (AvgIpc) is 3.28. The van der Waals surface area contributed by atoms with Gasteiger partial charge in [0.05, 0.1) is 24.9 Å². The molecule has 1 N–H and O–H groups in total. The van der Waals surface area contributed by atoms with Crippen LogP contribution < -0.4 is 4.90 Å². The second-order valence-electron chi connectivity index (χ2n) is 7.58. The van der Waals surface area contributed by atoms with E-state index in [-0.39, 0.29) is 6.04 Å². The van der Waals surface area contributed by atoms with Crippen LogP contribution in [0.4, 0.5) is 19.0 Å². The maximum absolute atomic E-state index is 13.0. The number of anilines is 1. The number of fused-ring (bicyclic) bond motifs is 1. The molecule has 0 amide bonds. The Morgan fingerprint density at radius 3 is 2.75 bits per heavy atom. The summed E-state index contributed by atoms with van der Waals surface area (Å²) in [5, 5.41) is 0.858. The van der Waals surface area contributed by atoms with E-state index in [0.717, 1.165) is 17.0 Å². The van der Waals surface area contributed by atoms with E-state index in [2.05, 4.69) is 24.8 Å². The van der Waals surface area contributed by atoms with Gasteiger partial charge in [0.1, 0.15) is 17.2 Å². The summed E-state index contributed by atoms with van der Waals surface area (Å²) in [6.07, 6.45) is 0.150. The highest BCUT2D eigenvalue weighted by Gasteiger charge is 2.32. The van der Waals surface area contributed by atoms with Crippen molar-refractivity contribution in [3.63, 3.8) is 0 Å². The fourth-order valence-corrected chi connectivity index (χ4v) is 3.79. The van der Waals surface area contributed by atoms with Crippen LogP contribution in [0.2, 0.25) is 0 Å². The molecule has 164 valence electrons. The van der Waals surface area contributed by atoms with Crippen molar-refractivity contribution in [3.05, 3.63) is 54.6 Å². The van der Waals surface area contributed by atoms with E-state index in [4.69, 9.17) is 9.72 Å². The molecule has 1 fully saturated rings. The molecule has 0 unspecified atom stereocenters. The maximum Gasteiger partial charge on any atom is 0.433 e. The lowest BCUT2D eigenvalue weighted by atomic mass is 10.1. The molecule has 32 heavy (non-hydrogen) atoms. The number of morpholine rings is 1. The number of aromatic amines is 1. The van der Waals surface area contributed by atoms with Crippen LogP contribution in [0.1, 0.15) is 12.6 Å². The smallest absolute Gasteiger partial charge is 0.377 e. The number of hydrogen-bond acceptors (Lipinski definition) is 6. The molecule has 1 aliphatic rings. The predicted molar refractivity (Wildman–Crippen MR) is 113 cm³/mol. The number of ether oxygens (including phenoxy) is 1. The van der Waals surface area contributed by atoms with Crippen LogP contribution in [0.25, 0.3) is 33.7 Å². The highest BCUT2D eigenvalue weighted by Crippen LogP contribution is 2.32. The second-order valence-corrected chi connectivity index (χ2v) is 7.58. The van der Waals surface area contributed by atoms with Gasteiger partial charge >= 0.3 is 6.18 Å². The molecule has 1 atom stereocenters. The first-order valence-corrected chi connectivity index (χ1v) is 10.1. The van der Waals surface area contributed by atoms with Crippen molar-refractivity contribution >= 4 is 16.9 Å². The Morgan fingerprint density at radius 2 is 2.00 bits per heavy atom. The number of pyridine rings is 2. The van der Waals surface area contributed by atoms with E-state index in [1.54, 1.807) is 18.5 Å². The molecule has 0 saturated carbocycles. The van der Waals surface area contributed by atoms with E-state index >= 15 is 0 Å². The SMILES string of the molecule is C[C@@H]1COCCN1c1cc(-c2ccc(C(F)(F)F)nc2)nc(-c2ccnc3[nH]ccc23)n1. The Balaban J connectivity index is 1.65. The zero-order valence-electron chi connectivity index (χ0n) is 17.1. The van der Waals surface area contributed by atoms with E-state index in [1.807, 2.05) is 19.1 Å². The lowest BCUT2D eigenvalue weighted by Crippen LogP contribution is -2.44. The van der Waals surface area contributed by atoms with Gasteiger partial charge in [-0.05, 0) is 31.2 Å². The molecule has 4 aromatic rings. The minimum absolute atomic E-state index is 0.0924. The van der Waals surface area contributed by atoms with Crippen molar-refractivity contribution in [2.75, 3.05) is 24.7 Å². The summed E-state index contributed by atoms with van der Waals surface area (Å²) in [4.78, 5) is 22.6. The molecule has 0 spiro atoms. The summed E-state index contributed by atoms with van der Waals surface area (Å²) in [5.74, 6) is 1.14. The van der Waals surface area contributed by atoms with E-state index in [9.17, 15) is 13.2 Å². The van der Waals surface area contributed by atoms with Gasteiger partial charge in [0.25, 0.3) is 0 Å². The molecule has 5 rings (SSSR count). The summed E-state index contributed by atoms with van der Waals surface area (Å²) in [5.41, 5.74) is 1.50. The highest BCUT2D eigenvalue weighted by molar-refractivity contribution is 5.91. The number of aromatic nitrogens is 5. The van der Waals surface area contributed by atoms with Gasteiger partial charge < -0.3 is 14.6 Å². The Hall–Kier alpha value is -3.53. The molecule has 4 aromatic heterocycles. The van der Waals surface area contributed by atoms with Crippen LogP contribution in [0, 0.1) is 0 Å². The Labute approximate surface area is 181 Å². The van der Waals surface area contributed by atoms with Crippen LogP contribution in [0.3, 0.4) is 0 Å². The van der Waals surface area contributed by atoms with Crippen molar-refractivity contribution in [2.24, 2.45) is 0 Å². The Morgan fingerprint density at radius 1 is 1.12 bits per heavy atom. The number of rotatable bonds is 3. The largest absolute Gasteiger partial charge is 0.433 e. The van der Waals surface area contributed by atoms with Gasteiger partial charge in [-0.2, -0.15) is 13.2 Å². The number of alkyl halides is 3. The fraction of sp³-hybridized carbons (Fsp3) is 0.273. The molecule has 5 heterocycles. The quantitative estimate of drug-likeness (QED) is 0.511. The molecular weight excluding hydrogens is 421 g/mol. The van der Waals surface area contributed by atoms with E-state index in [0.29, 0.717) is 48.3 Å². The number of halogens is 3. The lowest BCUT2D eigenvalue weighted by molar-refractivity contribution is -0.141. The second kappa shape index (κ2) is 7.86. The van der Waals surface area contributed by atoms with Crippen molar-refractivity contribution in [3.8, 4) is 22.6 Å². The Kier molecular flexibility index (Phi) is 5.01. The molecule has 0 bridgehead atoms. The third-order valence-electron chi connectivity index (χ3n) is 5.43. The predicted octanol–water partition coefficient (Wildman–Crippen LogP) is 4.33. The maximum atomic E-state index is 13.0. The van der Waals surface area contributed by atoms with Crippen molar-refractivity contribution in [2.45, 2.75) is 19.1 Å². The van der Waals surface area contributed by atoms with E-state index < -0.39 is 11.9 Å². The van der Waals surface area contributed by atoms with Gasteiger partial charge in [0.15, 0.2) is 5.82 Å². The normalized spacial score (nSPS) is 17.1. The van der Waals surface area contributed by atoms with Crippen molar-refractivity contribution in [1.82, 2.24) is 24.9 Å². The number of nitrogens with zero attached hydrogens (tertiary/aromatic N) is 5. The summed E-state index contributed by atoms with van der Waals surface area (Å²) < 4.78 is 44.4. The number of hydrogen-bond donors (Lipinski definition) is 1. The van der Waals surface area contributed by atoms with E-state index in [1.165, 1.54) is 12.3 Å². The standard InChI is InChI=1S/C22H19F3N6O/c1-13-12-32-9-8-31(13)19-10-17(14-2-3-18(28-11-14)22(23,24)25)29-21(30-19)16-5-7-27-20-15(16)4-6-26-20/h2-7,10-11,13H,8-9,12H2,1H3,(H,26,27)/t13-/m1/s1. The minimum Gasteiger partial charge on any atom is -0.377 e. The molecule has 0 radical (unpaired) electrons. The first-order valence-electron chi connectivity index (χ1n) is 10.1. The summed E-state index contributed by atoms with van der Waals surface area (Å²) >= 11 is 0. The summed E-state index contributed by atoms with van der Waals surface area (Å²) in [6.45, 7) is 3.82. The summed E-state index contributed by atoms with van der Waals surface area (Å²) in [6, 6.07) is 7.94. The van der Waals surface area contributed by atoms with Gasteiger partial charge in [-0.3, -0.25) is 4.98 Å². The molecular formula is C22H19F3N6O. The Bertz CT molecular complexity index is 1250. The molecule has 10 heteroatoms. The zero-order chi connectivity index (χ0) is 22.3. The number of H-pyrrole nitrogens is 1. The van der Waals surface area contributed by atoms with Gasteiger partial charge in [-0.1, -0.05) is 0 Å². The zero-order valence-corrected chi connectivity index (χ0v) is 17.1. The summed E-state index contributed by atoms with van der Waals surface area (Å²) in [7, 11) is 0. The van der Waals surface area contributed by atoms with Gasteiger partial charge in [-0.25, -0.2) is 15.0 Å². The van der Waals surface area contributed by atoms with Crippen LogP contribution >= 0.6 is 0 Å². The van der Waals surface area contributed by atoms with Crippen molar-refractivity contribution in [1.29, 1.82) is 0 Å². The van der Waals surface area contributed by atoms with Crippen LogP contribution in [0.5, 0.6) is 0 Å². The van der Waals surface area contributed by atoms with Crippen LogP contribution in [0.15, 0.2) is 48.9 Å². The lowest BCUT2D eigenvalue weighted by Gasteiger charge is -2.34. The average molecular weight is 440 g/mol. The third-order valence-corrected chi connectivity index (χ3v) is 5.43. The minimum atomic E-state index is -4.50. The van der Waals surface area contributed by atoms with Gasteiger partial charge in [0, 0.05) is 47.7 Å². The van der Waals surface area contributed by atoms with Gasteiger partial charge in [0.2, 0.25) is 0 Å². The molecule has 0 aromatic carbocycles. The highest BCUT2D eigenvalue weighted by atomic mass is 19.4.